The fraction of sp³-hybridized carbons (Fsp3) is 0.412. The minimum Gasteiger partial charge on any atom is -0.494 e. The topological polar surface area (TPSA) is 39.2 Å². The second kappa shape index (κ2) is 5.61. The van der Waals surface area contributed by atoms with Crippen LogP contribution in [-0.4, -0.2) is 17.9 Å². The Bertz CT molecular complexity index is 630. The lowest BCUT2D eigenvalue weighted by Crippen LogP contribution is -2.18. The normalized spacial score (nSPS) is 16.2. The first-order valence-electron chi connectivity index (χ1n) is 7.27. The van der Waals surface area contributed by atoms with Gasteiger partial charge in [-0.1, -0.05) is 25.3 Å². The summed E-state index contributed by atoms with van der Waals surface area (Å²) in [7, 11) is 1.63. The van der Waals surface area contributed by atoms with Crippen LogP contribution < -0.4 is 4.74 Å². The molecule has 0 atom stereocenters. The van der Waals surface area contributed by atoms with Crippen LogP contribution in [-0.2, 0) is 0 Å². The van der Waals surface area contributed by atoms with Crippen LogP contribution >= 0.6 is 0 Å². The number of ketones is 1. The van der Waals surface area contributed by atoms with E-state index < -0.39 is 0 Å². The molecule has 104 valence electrons. The van der Waals surface area contributed by atoms with Crippen molar-refractivity contribution < 1.29 is 9.53 Å². The summed E-state index contributed by atoms with van der Waals surface area (Å²) in [6.45, 7) is 0. The smallest absolute Gasteiger partial charge is 0.166 e. The van der Waals surface area contributed by atoms with Gasteiger partial charge in [0.1, 0.15) is 11.3 Å². The summed E-state index contributed by atoms with van der Waals surface area (Å²) in [6, 6.07) is 7.57. The zero-order valence-corrected chi connectivity index (χ0v) is 11.8. The molecule has 3 heteroatoms. The molecule has 0 N–H and O–H groups in total. The quantitative estimate of drug-likeness (QED) is 0.790. The Morgan fingerprint density at radius 2 is 2.00 bits per heavy atom. The third-order valence-corrected chi connectivity index (χ3v) is 4.19. The van der Waals surface area contributed by atoms with Crippen molar-refractivity contribution in [3.63, 3.8) is 0 Å². The molecule has 0 amide bonds. The number of benzene rings is 1. The summed E-state index contributed by atoms with van der Waals surface area (Å²) in [5.74, 6) is 1.17. The Labute approximate surface area is 119 Å². The van der Waals surface area contributed by atoms with E-state index in [-0.39, 0.29) is 11.7 Å². The predicted octanol–water partition coefficient (Wildman–Crippen LogP) is 4.01. The van der Waals surface area contributed by atoms with Gasteiger partial charge in [0, 0.05) is 23.1 Å². The summed E-state index contributed by atoms with van der Waals surface area (Å²) >= 11 is 0. The number of hydrogen-bond donors (Lipinski definition) is 0. The Balaban J connectivity index is 2.05. The van der Waals surface area contributed by atoms with Crippen molar-refractivity contribution in [1.82, 2.24) is 4.98 Å². The molecule has 0 saturated heterocycles. The van der Waals surface area contributed by atoms with Gasteiger partial charge in [0.05, 0.1) is 7.11 Å². The number of ether oxygens (including phenoxy) is 1. The van der Waals surface area contributed by atoms with Crippen LogP contribution in [0.3, 0.4) is 0 Å². The number of nitrogens with zero attached hydrogens (tertiary/aromatic N) is 1. The second-order valence-corrected chi connectivity index (χ2v) is 5.41. The Hall–Kier alpha value is -1.90. The molecule has 0 aliphatic heterocycles. The third-order valence-electron chi connectivity index (χ3n) is 4.19. The molecule has 2 aromatic rings. The van der Waals surface area contributed by atoms with Crippen LogP contribution in [0.1, 0.15) is 42.5 Å². The van der Waals surface area contributed by atoms with Gasteiger partial charge in [-0.2, -0.15) is 0 Å². The van der Waals surface area contributed by atoms with Gasteiger partial charge in [-0.05, 0) is 31.0 Å². The molecule has 3 rings (SSSR count). The van der Waals surface area contributed by atoms with Gasteiger partial charge in [0.25, 0.3) is 0 Å². The van der Waals surface area contributed by atoms with E-state index in [9.17, 15) is 4.79 Å². The van der Waals surface area contributed by atoms with Crippen molar-refractivity contribution in [2.24, 2.45) is 5.92 Å². The van der Waals surface area contributed by atoms with Gasteiger partial charge in [0.15, 0.2) is 5.78 Å². The minimum absolute atomic E-state index is 0.181. The fourth-order valence-electron chi connectivity index (χ4n) is 3.11. The van der Waals surface area contributed by atoms with Gasteiger partial charge >= 0.3 is 0 Å². The molecule has 0 unspecified atom stereocenters. The molecule has 1 heterocycles. The predicted molar refractivity (Wildman–Crippen MR) is 79.2 cm³/mol. The Kier molecular flexibility index (Phi) is 3.68. The monoisotopic (exact) mass is 269 g/mol. The molecule has 0 bridgehead atoms. The van der Waals surface area contributed by atoms with Crippen LogP contribution in [0.4, 0.5) is 0 Å². The highest BCUT2D eigenvalue weighted by Crippen LogP contribution is 2.32. The van der Waals surface area contributed by atoms with Gasteiger partial charge in [-0.15, -0.1) is 0 Å². The maximum atomic E-state index is 12.7. The summed E-state index contributed by atoms with van der Waals surface area (Å²) < 4.78 is 5.33. The number of carbonyl (C=O) groups is 1. The van der Waals surface area contributed by atoms with Crippen molar-refractivity contribution in [2.45, 2.75) is 32.1 Å². The van der Waals surface area contributed by atoms with E-state index in [0.717, 1.165) is 35.1 Å². The molecule has 3 nitrogen and oxygen atoms in total. The highest BCUT2D eigenvalue weighted by molar-refractivity contribution is 6.09. The number of rotatable bonds is 3. The maximum absolute atomic E-state index is 12.7. The van der Waals surface area contributed by atoms with Gasteiger partial charge < -0.3 is 4.74 Å². The highest BCUT2D eigenvalue weighted by Gasteiger charge is 2.24. The van der Waals surface area contributed by atoms with Crippen LogP contribution in [0.15, 0.2) is 30.5 Å². The molecule has 1 aliphatic rings. The van der Waals surface area contributed by atoms with Crippen LogP contribution in [0.25, 0.3) is 10.9 Å². The fourth-order valence-corrected chi connectivity index (χ4v) is 3.11. The van der Waals surface area contributed by atoms with E-state index in [1.807, 2.05) is 24.3 Å². The lowest BCUT2D eigenvalue weighted by atomic mass is 9.83. The van der Waals surface area contributed by atoms with E-state index in [2.05, 4.69) is 4.98 Å². The van der Waals surface area contributed by atoms with E-state index in [0.29, 0.717) is 0 Å². The number of methoxy groups -OCH3 is 1. The lowest BCUT2D eigenvalue weighted by Gasteiger charge is -2.21. The standard InChI is InChI=1S/C17H19NO2/c1-20-15-10-9-14(13-8-5-11-18-16(13)15)17(19)12-6-3-2-4-7-12/h5,8-12H,2-4,6-7H2,1H3. The van der Waals surface area contributed by atoms with Gasteiger partial charge in [0.2, 0.25) is 0 Å². The summed E-state index contributed by atoms with van der Waals surface area (Å²) in [4.78, 5) is 17.1. The van der Waals surface area contributed by atoms with Crippen molar-refractivity contribution in [3.05, 3.63) is 36.0 Å². The molecular weight excluding hydrogens is 250 g/mol. The molecule has 0 spiro atoms. The molecule has 1 aromatic heterocycles. The van der Waals surface area contributed by atoms with Crippen LogP contribution in [0.5, 0.6) is 5.75 Å². The molecule has 1 fully saturated rings. The molecule has 1 aliphatic carbocycles. The molecule has 1 aromatic carbocycles. The van der Waals surface area contributed by atoms with E-state index in [4.69, 9.17) is 4.74 Å². The highest BCUT2D eigenvalue weighted by atomic mass is 16.5. The summed E-state index contributed by atoms with van der Waals surface area (Å²) in [5, 5.41) is 0.905. The number of hydrogen-bond acceptors (Lipinski definition) is 3. The van der Waals surface area contributed by atoms with Gasteiger partial charge in [-0.3, -0.25) is 9.78 Å². The lowest BCUT2D eigenvalue weighted by molar-refractivity contribution is 0.0891. The Morgan fingerprint density at radius 1 is 1.20 bits per heavy atom. The van der Waals surface area contributed by atoms with Crippen molar-refractivity contribution in [2.75, 3.05) is 7.11 Å². The first-order valence-corrected chi connectivity index (χ1v) is 7.27. The van der Waals surface area contributed by atoms with Crippen LogP contribution in [0.2, 0.25) is 0 Å². The van der Waals surface area contributed by atoms with E-state index >= 15 is 0 Å². The van der Waals surface area contributed by atoms with Gasteiger partial charge in [-0.25, -0.2) is 0 Å². The number of pyridine rings is 1. The number of aromatic nitrogens is 1. The zero-order valence-electron chi connectivity index (χ0n) is 11.8. The van der Waals surface area contributed by atoms with Crippen molar-refractivity contribution >= 4 is 16.7 Å². The zero-order chi connectivity index (χ0) is 13.9. The first-order chi connectivity index (χ1) is 9.81. The maximum Gasteiger partial charge on any atom is 0.166 e. The van der Waals surface area contributed by atoms with E-state index in [1.165, 1.54) is 19.3 Å². The molecule has 0 radical (unpaired) electrons. The average Bonchev–Trinajstić information content (AvgIpc) is 2.54. The number of fused-ring (bicyclic) bond motifs is 1. The third kappa shape index (κ3) is 2.28. The number of Topliss-reactive ketones (excluding diaryl/α,β-unsaturated/α-hetero) is 1. The molecular formula is C17H19NO2. The molecule has 1 saturated carbocycles. The van der Waals surface area contributed by atoms with Crippen molar-refractivity contribution in [3.8, 4) is 5.75 Å². The van der Waals surface area contributed by atoms with Crippen LogP contribution in [0, 0.1) is 5.92 Å². The summed E-state index contributed by atoms with van der Waals surface area (Å²) in [6.07, 6.45) is 7.37. The molecule has 20 heavy (non-hydrogen) atoms. The minimum atomic E-state index is 0.181. The Morgan fingerprint density at radius 3 is 2.75 bits per heavy atom. The van der Waals surface area contributed by atoms with Crippen molar-refractivity contribution in [1.29, 1.82) is 0 Å². The average molecular weight is 269 g/mol. The second-order valence-electron chi connectivity index (χ2n) is 5.41. The largest absolute Gasteiger partial charge is 0.494 e. The summed E-state index contributed by atoms with van der Waals surface area (Å²) in [5.41, 5.74) is 1.57. The first kappa shape index (κ1) is 13.1. The van der Waals surface area contributed by atoms with E-state index in [1.54, 1.807) is 13.3 Å². The SMILES string of the molecule is COc1ccc(C(=O)C2CCCCC2)c2cccnc12. The number of carbonyl (C=O) groups excluding carboxylic acids is 1.